The number of carbonyl (C=O) groups is 1. The van der Waals surface area contributed by atoms with Gasteiger partial charge in [-0.2, -0.15) is 13.2 Å². The molecule has 8 heteroatoms. The number of nitrogens with zero attached hydrogens (tertiary/aromatic N) is 4. The highest BCUT2D eigenvalue weighted by atomic mass is 19.4. The number of para-hydroxylation sites is 1. The van der Waals surface area contributed by atoms with Gasteiger partial charge in [0, 0.05) is 74.0 Å². The zero-order valence-electron chi connectivity index (χ0n) is 20.2. The maximum atomic E-state index is 13.3. The first-order valence-electron chi connectivity index (χ1n) is 12.3. The zero-order chi connectivity index (χ0) is 24.7. The smallest absolute Gasteiger partial charge is 0.368 e. The highest BCUT2D eigenvalue weighted by Gasteiger charge is 2.32. The highest BCUT2D eigenvalue weighted by Crippen LogP contribution is 2.33. The molecule has 0 unspecified atom stereocenters. The van der Waals surface area contributed by atoms with Crippen molar-refractivity contribution >= 4 is 22.5 Å². The fraction of sp³-hybridized carbons (Fsp3) is 0.444. The fourth-order valence-electron chi connectivity index (χ4n) is 5.37. The summed E-state index contributed by atoms with van der Waals surface area (Å²) in [6.07, 6.45) is -3.45. The molecular formula is C27H31F3N4O. The molecule has 5 rings (SSSR count). The third kappa shape index (κ3) is 4.63. The summed E-state index contributed by atoms with van der Waals surface area (Å²) in [6.45, 7) is 8.62. The number of fused-ring (bicyclic) bond motifs is 3. The van der Waals surface area contributed by atoms with Crippen LogP contribution in [0.15, 0.2) is 48.5 Å². The van der Waals surface area contributed by atoms with Crippen LogP contribution in [0.25, 0.3) is 10.9 Å². The Morgan fingerprint density at radius 3 is 2.43 bits per heavy atom. The van der Waals surface area contributed by atoms with Crippen molar-refractivity contribution in [1.82, 2.24) is 14.4 Å². The van der Waals surface area contributed by atoms with E-state index in [4.69, 9.17) is 0 Å². The Hall–Kier alpha value is -3.00. The van der Waals surface area contributed by atoms with E-state index in [9.17, 15) is 18.0 Å². The lowest BCUT2D eigenvalue weighted by Gasteiger charge is -2.36. The summed E-state index contributed by atoms with van der Waals surface area (Å²) < 4.78 is 41.5. The van der Waals surface area contributed by atoms with E-state index in [-0.39, 0.29) is 5.91 Å². The van der Waals surface area contributed by atoms with Crippen molar-refractivity contribution in [2.75, 3.05) is 37.6 Å². The number of anilines is 1. The summed E-state index contributed by atoms with van der Waals surface area (Å²) in [5, 5.41) is 1.22. The second-order valence-electron chi connectivity index (χ2n) is 9.76. The standard InChI is InChI=1S/C27H31F3N4O/c1-19(2)33-11-10-25-23(17-33)22-8-3-4-9-24(22)34(25)18-26(35)32-14-12-31(13-15-32)21-7-5-6-20(16-21)27(28,29)30/h3-9,16,19H,10-15,17-18H2,1-2H3. The molecule has 0 atom stereocenters. The van der Waals surface area contributed by atoms with E-state index >= 15 is 0 Å². The minimum atomic E-state index is -4.36. The average Bonchev–Trinajstić information content (AvgIpc) is 3.16. The monoisotopic (exact) mass is 484 g/mol. The van der Waals surface area contributed by atoms with Crippen molar-refractivity contribution in [3.8, 4) is 0 Å². The van der Waals surface area contributed by atoms with E-state index in [1.807, 2.05) is 15.9 Å². The molecule has 1 aromatic heterocycles. The highest BCUT2D eigenvalue weighted by molar-refractivity contribution is 5.88. The molecule has 0 spiro atoms. The number of rotatable bonds is 4. The summed E-state index contributed by atoms with van der Waals surface area (Å²) >= 11 is 0. The summed E-state index contributed by atoms with van der Waals surface area (Å²) in [6, 6.07) is 14.2. The normalized spacial score (nSPS) is 17.3. The molecule has 0 radical (unpaired) electrons. The molecule has 0 aliphatic carbocycles. The molecule has 2 aromatic carbocycles. The molecule has 0 bridgehead atoms. The number of hydrogen-bond acceptors (Lipinski definition) is 3. The van der Waals surface area contributed by atoms with Gasteiger partial charge in [0.15, 0.2) is 0 Å². The molecule has 2 aliphatic heterocycles. The molecule has 5 nitrogen and oxygen atoms in total. The van der Waals surface area contributed by atoms with Gasteiger partial charge in [0.2, 0.25) is 5.91 Å². The Labute approximate surface area is 203 Å². The second-order valence-corrected chi connectivity index (χ2v) is 9.76. The van der Waals surface area contributed by atoms with Gasteiger partial charge in [-0.25, -0.2) is 0 Å². The number of alkyl halides is 3. The maximum absolute atomic E-state index is 13.3. The van der Waals surface area contributed by atoms with E-state index in [1.165, 1.54) is 28.8 Å². The van der Waals surface area contributed by atoms with Crippen LogP contribution in [0.4, 0.5) is 18.9 Å². The van der Waals surface area contributed by atoms with Crippen LogP contribution >= 0.6 is 0 Å². The van der Waals surface area contributed by atoms with Crippen LogP contribution in [-0.4, -0.2) is 59.0 Å². The van der Waals surface area contributed by atoms with Crippen molar-refractivity contribution in [2.24, 2.45) is 0 Å². The van der Waals surface area contributed by atoms with Crippen LogP contribution in [0.1, 0.15) is 30.7 Å². The number of carbonyl (C=O) groups excluding carboxylic acids is 1. The lowest BCUT2D eigenvalue weighted by Crippen LogP contribution is -2.49. The van der Waals surface area contributed by atoms with Crippen molar-refractivity contribution in [1.29, 1.82) is 0 Å². The van der Waals surface area contributed by atoms with E-state index in [0.717, 1.165) is 31.1 Å². The van der Waals surface area contributed by atoms with E-state index in [2.05, 4.69) is 41.5 Å². The molecule has 2 aliphatic rings. The molecule has 3 aromatic rings. The minimum absolute atomic E-state index is 0.0588. The lowest BCUT2D eigenvalue weighted by atomic mass is 10.0. The van der Waals surface area contributed by atoms with Gasteiger partial charge >= 0.3 is 6.18 Å². The topological polar surface area (TPSA) is 31.7 Å². The fourth-order valence-corrected chi connectivity index (χ4v) is 5.37. The van der Waals surface area contributed by atoms with Crippen LogP contribution < -0.4 is 4.90 Å². The van der Waals surface area contributed by atoms with Crippen LogP contribution in [0, 0.1) is 0 Å². The van der Waals surface area contributed by atoms with Crippen LogP contribution in [0.3, 0.4) is 0 Å². The van der Waals surface area contributed by atoms with Gasteiger partial charge in [0.1, 0.15) is 6.54 Å². The van der Waals surface area contributed by atoms with Gasteiger partial charge in [0.05, 0.1) is 5.56 Å². The number of benzene rings is 2. The molecule has 186 valence electrons. The van der Waals surface area contributed by atoms with Crippen molar-refractivity contribution in [2.45, 2.75) is 45.6 Å². The average molecular weight is 485 g/mol. The second kappa shape index (κ2) is 9.22. The summed E-state index contributed by atoms with van der Waals surface area (Å²) in [4.78, 5) is 19.6. The predicted octanol–water partition coefficient (Wildman–Crippen LogP) is 4.78. The largest absolute Gasteiger partial charge is 0.416 e. The summed E-state index contributed by atoms with van der Waals surface area (Å²) in [5.74, 6) is 0.0588. The van der Waals surface area contributed by atoms with Crippen molar-refractivity contribution in [3.63, 3.8) is 0 Å². The molecule has 3 heterocycles. The van der Waals surface area contributed by atoms with Gasteiger partial charge < -0.3 is 14.4 Å². The van der Waals surface area contributed by atoms with Gasteiger partial charge in [-0.15, -0.1) is 0 Å². The number of aromatic nitrogens is 1. The predicted molar refractivity (Wildman–Crippen MR) is 131 cm³/mol. The molecule has 1 fully saturated rings. The zero-order valence-corrected chi connectivity index (χ0v) is 20.2. The van der Waals surface area contributed by atoms with Crippen LogP contribution in [0.2, 0.25) is 0 Å². The van der Waals surface area contributed by atoms with E-state index in [1.54, 1.807) is 6.07 Å². The Morgan fingerprint density at radius 2 is 1.71 bits per heavy atom. The Balaban J connectivity index is 1.30. The van der Waals surface area contributed by atoms with Gasteiger partial charge in [-0.3, -0.25) is 9.69 Å². The van der Waals surface area contributed by atoms with Crippen LogP contribution in [0.5, 0.6) is 0 Å². The summed E-state index contributed by atoms with van der Waals surface area (Å²) in [5.41, 5.74) is 3.57. The quantitative estimate of drug-likeness (QED) is 0.535. The van der Waals surface area contributed by atoms with Gasteiger partial charge in [-0.05, 0) is 43.7 Å². The summed E-state index contributed by atoms with van der Waals surface area (Å²) in [7, 11) is 0. The van der Waals surface area contributed by atoms with E-state index < -0.39 is 11.7 Å². The van der Waals surface area contributed by atoms with E-state index in [0.29, 0.717) is 44.5 Å². The molecule has 1 saturated heterocycles. The molecule has 0 N–H and O–H groups in total. The number of amides is 1. The third-order valence-electron chi connectivity index (χ3n) is 7.39. The first-order chi connectivity index (χ1) is 16.7. The van der Waals surface area contributed by atoms with Gasteiger partial charge in [-0.1, -0.05) is 24.3 Å². The molecule has 35 heavy (non-hydrogen) atoms. The minimum Gasteiger partial charge on any atom is -0.368 e. The first kappa shape index (κ1) is 23.7. The Morgan fingerprint density at radius 1 is 0.971 bits per heavy atom. The molecule has 1 amide bonds. The Kier molecular flexibility index (Phi) is 6.25. The van der Waals surface area contributed by atoms with Crippen molar-refractivity contribution < 1.29 is 18.0 Å². The third-order valence-corrected chi connectivity index (χ3v) is 7.39. The lowest BCUT2D eigenvalue weighted by molar-refractivity contribution is -0.137. The molecular weight excluding hydrogens is 453 g/mol. The number of hydrogen-bond donors (Lipinski definition) is 0. The first-order valence-corrected chi connectivity index (χ1v) is 12.3. The maximum Gasteiger partial charge on any atom is 0.416 e. The van der Waals surface area contributed by atoms with Crippen LogP contribution in [-0.2, 0) is 30.5 Å². The van der Waals surface area contributed by atoms with Crippen molar-refractivity contribution in [3.05, 3.63) is 65.4 Å². The van der Waals surface area contributed by atoms with Gasteiger partial charge in [0.25, 0.3) is 0 Å². The Bertz CT molecular complexity index is 1220. The number of halogens is 3. The SMILES string of the molecule is CC(C)N1CCc2c(c3ccccc3n2CC(=O)N2CCN(c3cccc(C(F)(F)F)c3)CC2)C1. The molecule has 0 saturated carbocycles. The number of piperazine rings is 1.